The standard InChI is InChI=1S/C11H9IN2OS/c1-7-6-13-11(16-7)14-10(15)8-4-2-3-5-9(8)12/h2-6H,1H3,(H,13,14,15). The fourth-order valence-corrected chi connectivity index (χ4v) is 2.51. The number of thiazole rings is 1. The minimum atomic E-state index is -0.112. The van der Waals surface area contributed by atoms with Gasteiger partial charge in [-0.15, -0.1) is 11.3 Å². The van der Waals surface area contributed by atoms with Gasteiger partial charge in [0.2, 0.25) is 0 Å². The van der Waals surface area contributed by atoms with E-state index in [0.717, 1.165) is 8.45 Å². The zero-order valence-corrected chi connectivity index (χ0v) is 11.5. The van der Waals surface area contributed by atoms with Crippen LogP contribution < -0.4 is 5.32 Å². The van der Waals surface area contributed by atoms with Crippen LogP contribution in [0.4, 0.5) is 5.13 Å². The van der Waals surface area contributed by atoms with Crippen LogP contribution in [0, 0.1) is 10.5 Å². The van der Waals surface area contributed by atoms with Crippen molar-refractivity contribution in [1.29, 1.82) is 0 Å². The predicted octanol–water partition coefficient (Wildman–Crippen LogP) is 3.31. The highest BCUT2D eigenvalue weighted by atomic mass is 127. The smallest absolute Gasteiger partial charge is 0.258 e. The summed E-state index contributed by atoms with van der Waals surface area (Å²) in [5.41, 5.74) is 0.677. The summed E-state index contributed by atoms with van der Waals surface area (Å²) >= 11 is 3.62. The number of hydrogen-bond donors (Lipinski definition) is 1. The van der Waals surface area contributed by atoms with Crippen molar-refractivity contribution in [2.45, 2.75) is 6.92 Å². The molecule has 16 heavy (non-hydrogen) atoms. The van der Waals surface area contributed by atoms with Gasteiger partial charge in [-0.25, -0.2) is 4.98 Å². The second-order valence-electron chi connectivity index (χ2n) is 3.21. The number of aromatic nitrogens is 1. The van der Waals surface area contributed by atoms with Crippen molar-refractivity contribution in [3.05, 3.63) is 44.5 Å². The molecule has 82 valence electrons. The average molecular weight is 344 g/mol. The lowest BCUT2D eigenvalue weighted by molar-refractivity contribution is 0.102. The summed E-state index contributed by atoms with van der Waals surface area (Å²) in [7, 11) is 0. The Bertz CT molecular complexity index is 524. The third-order valence-corrected chi connectivity index (χ3v) is 3.73. The van der Waals surface area contributed by atoms with Crippen LogP contribution in [-0.4, -0.2) is 10.9 Å². The van der Waals surface area contributed by atoms with Gasteiger partial charge in [0.1, 0.15) is 0 Å². The van der Waals surface area contributed by atoms with Crippen molar-refractivity contribution < 1.29 is 4.79 Å². The number of hydrogen-bond acceptors (Lipinski definition) is 3. The van der Waals surface area contributed by atoms with E-state index in [-0.39, 0.29) is 5.91 Å². The Labute approximate surface area is 111 Å². The van der Waals surface area contributed by atoms with Crippen LogP contribution in [0.1, 0.15) is 15.2 Å². The molecule has 0 atom stereocenters. The molecule has 5 heteroatoms. The van der Waals surface area contributed by atoms with Crippen LogP contribution in [0.2, 0.25) is 0 Å². The molecule has 0 aliphatic carbocycles. The van der Waals surface area contributed by atoms with E-state index < -0.39 is 0 Å². The zero-order valence-electron chi connectivity index (χ0n) is 8.53. The first-order chi connectivity index (χ1) is 7.66. The Hall–Kier alpha value is -0.950. The van der Waals surface area contributed by atoms with Crippen molar-refractivity contribution in [3.8, 4) is 0 Å². The van der Waals surface area contributed by atoms with Gasteiger partial charge in [0, 0.05) is 14.6 Å². The SMILES string of the molecule is Cc1cnc(NC(=O)c2ccccc2I)s1. The van der Waals surface area contributed by atoms with Crippen molar-refractivity contribution in [2.75, 3.05) is 5.32 Å². The van der Waals surface area contributed by atoms with E-state index in [9.17, 15) is 4.79 Å². The third-order valence-electron chi connectivity index (χ3n) is 1.96. The van der Waals surface area contributed by atoms with Gasteiger partial charge in [0.15, 0.2) is 5.13 Å². The number of halogens is 1. The molecule has 0 radical (unpaired) electrons. The second kappa shape index (κ2) is 4.92. The summed E-state index contributed by atoms with van der Waals surface area (Å²) in [6.45, 7) is 1.96. The number of nitrogens with zero attached hydrogens (tertiary/aromatic N) is 1. The Balaban J connectivity index is 2.18. The minimum Gasteiger partial charge on any atom is -0.298 e. The summed E-state index contributed by atoms with van der Waals surface area (Å²) in [5.74, 6) is -0.112. The zero-order chi connectivity index (χ0) is 11.5. The average Bonchev–Trinajstić information content (AvgIpc) is 2.64. The lowest BCUT2D eigenvalue weighted by Crippen LogP contribution is -2.12. The molecule has 2 rings (SSSR count). The normalized spacial score (nSPS) is 10.1. The minimum absolute atomic E-state index is 0.112. The first kappa shape index (κ1) is 11.5. The van der Waals surface area contributed by atoms with Gasteiger partial charge >= 0.3 is 0 Å². The van der Waals surface area contributed by atoms with E-state index >= 15 is 0 Å². The number of carbonyl (C=O) groups excluding carboxylic acids is 1. The number of aryl methyl sites for hydroxylation is 1. The number of rotatable bonds is 2. The van der Waals surface area contributed by atoms with E-state index in [1.165, 1.54) is 11.3 Å². The highest BCUT2D eigenvalue weighted by Gasteiger charge is 2.10. The molecule has 1 N–H and O–H groups in total. The Morgan fingerprint density at radius 3 is 2.81 bits per heavy atom. The quantitative estimate of drug-likeness (QED) is 0.850. The molecule has 0 aliphatic rings. The van der Waals surface area contributed by atoms with Crippen molar-refractivity contribution in [1.82, 2.24) is 4.98 Å². The van der Waals surface area contributed by atoms with E-state index in [2.05, 4.69) is 32.9 Å². The lowest BCUT2D eigenvalue weighted by atomic mass is 10.2. The van der Waals surface area contributed by atoms with Crippen molar-refractivity contribution in [3.63, 3.8) is 0 Å². The van der Waals surface area contributed by atoms with Gasteiger partial charge in [-0.2, -0.15) is 0 Å². The Kier molecular flexibility index (Phi) is 3.55. The van der Waals surface area contributed by atoms with Crippen molar-refractivity contribution in [2.24, 2.45) is 0 Å². The van der Waals surface area contributed by atoms with Crippen LogP contribution in [0.5, 0.6) is 0 Å². The summed E-state index contributed by atoms with van der Waals surface area (Å²) in [4.78, 5) is 17.1. The molecule has 1 aromatic carbocycles. The van der Waals surface area contributed by atoms with Crippen molar-refractivity contribution >= 4 is 45.0 Å². The first-order valence-corrected chi connectivity index (χ1v) is 6.54. The maximum Gasteiger partial charge on any atom is 0.258 e. The summed E-state index contributed by atoms with van der Waals surface area (Å²) < 4.78 is 0.936. The molecule has 0 bridgehead atoms. The molecule has 1 aromatic heterocycles. The van der Waals surface area contributed by atoms with Gasteiger partial charge in [0.25, 0.3) is 5.91 Å². The molecule has 0 saturated heterocycles. The first-order valence-electron chi connectivity index (χ1n) is 4.65. The topological polar surface area (TPSA) is 42.0 Å². The van der Waals surface area contributed by atoms with Crippen LogP contribution in [0.3, 0.4) is 0 Å². The van der Waals surface area contributed by atoms with E-state index in [4.69, 9.17) is 0 Å². The molecule has 0 fully saturated rings. The number of amides is 1. The monoisotopic (exact) mass is 344 g/mol. The number of benzene rings is 1. The fraction of sp³-hybridized carbons (Fsp3) is 0.0909. The molecule has 0 aliphatic heterocycles. The van der Waals surface area contributed by atoms with Gasteiger partial charge in [0.05, 0.1) is 5.56 Å². The molecular weight excluding hydrogens is 335 g/mol. The van der Waals surface area contributed by atoms with Crippen LogP contribution in [0.25, 0.3) is 0 Å². The van der Waals surface area contributed by atoms with E-state index in [1.807, 2.05) is 25.1 Å². The summed E-state index contributed by atoms with van der Waals surface area (Å²) in [6, 6.07) is 7.47. The van der Waals surface area contributed by atoms with Gasteiger partial charge in [-0.1, -0.05) is 12.1 Å². The molecule has 2 aromatic rings. The molecule has 1 heterocycles. The lowest BCUT2D eigenvalue weighted by Gasteiger charge is -2.03. The highest BCUT2D eigenvalue weighted by Crippen LogP contribution is 2.19. The molecule has 1 amide bonds. The fourth-order valence-electron chi connectivity index (χ4n) is 1.22. The summed E-state index contributed by atoms with van der Waals surface area (Å²) in [6.07, 6.45) is 1.75. The van der Waals surface area contributed by atoms with Crippen LogP contribution in [0.15, 0.2) is 30.5 Å². The molecule has 0 saturated carbocycles. The van der Waals surface area contributed by atoms with E-state index in [0.29, 0.717) is 10.7 Å². The maximum absolute atomic E-state index is 11.9. The van der Waals surface area contributed by atoms with Gasteiger partial charge in [-0.3, -0.25) is 10.1 Å². The number of nitrogens with one attached hydrogen (secondary N) is 1. The molecule has 3 nitrogen and oxygen atoms in total. The maximum atomic E-state index is 11.9. The molecular formula is C11H9IN2OS. The van der Waals surface area contributed by atoms with Gasteiger partial charge < -0.3 is 0 Å². The Morgan fingerprint density at radius 1 is 1.44 bits per heavy atom. The van der Waals surface area contributed by atoms with E-state index in [1.54, 1.807) is 12.3 Å². The Morgan fingerprint density at radius 2 is 2.19 bits per heavy atom. The van der Waals surface area contributed by atoms with Gasteiger partial charge in [-0.05, 0) is 41.6 Å². The highest BCUT2D eigenvalue weighted by molar-refractivity contribution is 14.1. The number of carbonyl (C=O) groups is 1. The largest absolute Gasteiger partial charge is 0.298 e. The van der Waals surface area contributed by atoms with Crippen LogP contribution in [-0.2, 0) is 0 Å². The summed E-state index contributed by atoms with van der Waals surface area (Å²) in [5, 5.41) is 3.42. The second-order valence-corrected chi connectivity index (χ2v) is 5.61. The third kappa shape index (κ3) is 2.59. The number of anilines is 1. The predicted molar refractivity (Wildman–Crippen MR) is 74.0 cm³/mol. The molecule has 0 spiro atoms. The van der Waals surface area contributed by atoms with Crippen LogP contribution >= 0.6 is 33.9 Å². The molecule has 0 unspecified atom stereocenters.